The maximum Gasteiger partial charge on any atom is 0.228 e. The van der Waals surface area contributed by atoms with E-state index in [1.807, 2.05) is 24.3 Å². The Bertz CT molecular complexity index is 968. The largest absolute Gasteiger partial charge is 0.374 e. The van der Waals surface area contributed by atoms with Crippen LogP contribution < -0.4 is 10.2 Å². The zero-order valence-corrected chi connectivity index (χ0v) is 17.9. The molecule has 0 radical (unpaired) electrons. The second kappa shape index (κ2) is 10.1. The molecule has 4 rings (SSSR count). The zero-order valence-electron chi connectivity index (χ0n) is 17.9. The van der Waals surface area contributed by atoms with Crippen LogP contribution in [0.4, 0.5) is 15.8 Å². The highest BCUT2D eigenvalue weighted by Crippen LogP contribution is 2.29. The van der Waals surface area contributed by atoms with Crippen molar-refractivity contribution in [2.24, 2.45) is 0 Å². The highest BCUT2D eigenvalue weighted by molar-refractivity contribution is 5.92. The van der Waals surface area contributed by atoms with E-state index in [2.05, 4.69) is 55.4 Å². The molecule has 3 aromatic rings. The van der Waals surface area contributed by atoms with E-state index in [9.17, 15) is 9.18 Å². The van der Waals surface area contributed by atoms with Gasteiger partial charge in [-0.15, -0.1) is 0 Å². The normalized spacial score (nSPS) is 12.2. The predicted molar refractivity (Wildman–Crippen MR) is 123 cm³/mol. The minimum Gasteiger partial charge on any atom is -0.374 e. The van der Waals surface area contributed by atoms with Crippen molar-refractivity contribution < 1.29 is 9.18 Å². The molecular weight excluding hydrogens is 375 g/mol. The molecule has 4 heteroatoms. The van der Waals surface area contributed by atoms with Crippen LogP contribution >= 0.6 is 0 Å². The van der Waals surface area contributed by atoms with Gasteiger partial charge in [0.2, 0.25) is 5.91 Å². The first-order valence-electron chi connectivity index (χ1n) is 10.4. The predicted octanol–water partition coefficient (Wildman–Crippen LogP) is 5.81. The van der Waals surface area contributed by atoms with Gasteiger partial charge < -0.3 is 10.2 Å². The van der Waals surface area contributed by atoms with Gasteiger partial charge in [-0.2, -0.15) is 0 Å². The molecule has 0 fully saturated rings. The van der Waals surface area contributed by atoms with Crippen LogP contribution in [0.25, 0.3) is 0 Å². The second-order valence-electron chi connectivity index (χ2n) is 7.93. The van der Waals surface area contributed by atoms with Crippen LogP contribution in [-0.2, 0) is 17.6 Å². The number of nitrogens with one attached hydrogen (secondary N) is 1. The standard InChI is InChI=1S/C17H17FN2O.C9H12/c1-20-9-8-13-11-15(6-7-16(13)20)19-17(21)10-12-2-4-14(18)5-3-12;1-8(2)9-6-4-3-5-7-9/h2-7,11H,8-10H2,1H3,(H,19,21);3-8H,1-2H3. The Kier molecular flexibility index (Phi) is 7.23. The zero-order chi connectivity index (χ0) is 21.5. The number of fused-ring (bicyclic) bond motifs is 1. The lowest BCUT2D eigenvalue weighted by atomic mass is 10.0. The van der Waals surface area contributed by atoms with Crippen LogP contribution in [0.1, 0.15) is 36.5 Å². The Balaban J connectivity index is 0.000000239. The van der Waals surface area contributed by atoms with Gasteiger partial charge in [-0.25, -0.2) is 4.39 Å². The third-order valence-corrected chi connectivity index (χ3v) is 5.24. The Hall–Kier alpha value is -3.14. The lowest BCUT2D eigenvalue weighted by Crippen LogP contribution is -2.14. The molecule has 0 atom stereocenters. The lowest BCUT2D eigenvalue weighted by molar-refractivity contribution is -0.115. The highest BCUT2D eigenvalue weighted by atomic mass is 19.1. The van der Waals surface area contributed by atoms with Crippen LogP contribution in [0.3, 0.4) is 0 Å². The first-order chi connectivity index (χ1) is 14.4. The van der Waals surface area contributed by atoms with Crippen molar-refractivity contribution in [1.29, 1.82) is 0 Å². The monoisotopic (exact) mass is 404 g/mol. The minimum atomic E-state index is -0.290. The van der Waals surface area contributed by atoms with Gasteiger partial charge in [-0.3, -0.25) is 4.79 Å². The van der Waals surface area contributed by atoms with Crippen molar-refractivity contribution in [2.75, 3.05) is 23.8 Å². The fraction of sp³-hybridized carbons (Fsp3) is 0.269. The van der Waals surface area contributed by atoms with Gasteiger partial charge in [0, 0.05) is 25.0 Å². The van der Waals surface area contributed by atoms with Crippen LogP contribution in [-0.4, -0.2) is 19.5 Å². The van der Waals surface area contributed by atoms with E-state index in [0.29, 0.717) is 5.92 Å². The van der Waals surface area contributed by atoms with Gasteiger partial charge in [-0.1, -0.05) is 56.3 Å². The SMILES string of the molecule is CC(C)c1ccccc1.CN1CCc2cc(NC(=O)Cc3ccc(F)cc3)ccc21. The van der Waals surface area contributed by atoms with Crippen LogP contribution in [0, 0.1) is 5.82 Å². The minimum absolute atomic E-state index is 0.0899. The van der Waals surface area contributed by atoms with Crippen LogP contribution in [0.2, 0.25) is 0 Å². The summed E-state index contributed by atoms with van der Waals surface area (Å²) in [5, 5.41) is 2.90. The molecule has 0 unspecified atom stereocenters. The number of carbonyl (C=O) groups is 1. The Labute approximate surface area is 178 Å². The fourth-order valence-electron chi connectivity index (χ4n) is 3.48. The second-order valence-corrected chi connectivity index (χ2v) is 7.93. The van der Waals surface area contributed by atoms with E-state index in [4.69, 9.17) is 0 Å². The molecule has 3 nitrogen and oxygen atoms in total. The summed E-state index contributed by atoms with van der Waals surface area (Å²) in [6.45, 7) is 5.42. The molecule has 0 saturated heterocycles. The van der Waals surface area contributed by atoms with E-state index in [0.717, 1.165) is 24.2 Å². The number of nitrogens with zero attached hydrogens (tertiary/aromatic N) is 1. The molecule has 0 bridgehead atoms. The van der Waals surface area contributed by atoms with Crippen molar-refractivity contribution in [3.8, 4) is 0 Å². The van der Waals surface area contributed by atoms with Crippen molar-refractivity contribution in [2.45, 2.75) is 32.6 Å². The summed E-state index contributed by atoms with van der Waals surface area (Å²) >= 11 is 0. The fourth-order valence-corrected chi connectivity index (χ4v) is 3.48. The summed E-state index contributed by atoms with van der Waals surface area (Å²) in [6, 6.07) is 22.5. The van der Waals surface area contributed by atoms with Crippen molar-refractivity contribution in [3.05, 3.63) is 95.3 Å². The molecule has 1 heterocycles. The van der Waals surface area contributed by atoms with Crippen LogP contribution in [0.5, 0.6) is 0 Å². The van der Waals surface area contributed by atoms with E-state index in [-0.39, 0.29) is 18.1 Å². The van der Waals surface area contributed by atoms with Crippen molar-refractivity contribution in [3.63, 3.8) is 0 Å². The molecule has 3 aromatic carbocycles. The molecule has 0 aliphatic carbocycles. The summed E-state index contributed by atoms with van der Waals surface area (Å²) in [6.07, 6.45) is 1.25. The molecule has 156 valence electrons. The molecule has 1 aliphatic heterocycles. The number of hydrogen-bond acceptors (Lipinski definition) is 2. The lowest BCUT2D eigenvalue weighted by Gasteiger charge is -2.12. The summed E-state index contributed by atoms with van der Waals surface area (Å²) < 4.78 is 12.8. The third-order valence-electron chi connectivity index (χ3n) is 5.24. The average Bonchev–Trinajstić information content (AvgIpc) is 3.11. The van der Waals surface area contributed by atoms with E-state index in [1.165, 1.54) is 28.9 Å². The van der Waals surface area contributed by atoms with Crippen molar-refractivity contribution in [1.82, 2.24) is 0 Å². The quantitative estimate of drug-likeness (QED) is 0.595. The first-order valence-corrected chi connectivity index (χ1v) is 10.4. The number of benzene rings is 3. The maximum absolute atomic E-state index is 12.8. The number of halogens is 1. The average molecular weight is 405 g/mol. The maximum atomic E-state index is 12.8. The number of anilines is 2. The Morgan fingerprint density at radius 3 is 2.37 bits per heavy atom. The Morgan fingerprint density at radius 2 is 1.73 bits per heavy atom. The molecule has 1 amide bonds. The molecule has 1 aliphatic rings. The van der Waals surface area contributed by atoms with E-state index >= 15 is 0 Å². The van der Waals surface area contributed by atoms with Gasteiger partial charge in [0.05, 0.1) is 6.42 Å². The van der Waals surface area contributed by atoms with Gasteiger partial charge in [-0.05, 0) is 59.4 Å². The molecule has 0 aromatic heterocycles. The third kappa shape index (κ3) is 5.93. The van der Waals surface area contributed by atoms with Gasteiger partial charge in [0.1, 0.15) is 5.82 Å². The number of rotatable bonds is 4. The first kappa shape index (κ1) is 21.6. The van der Waals surface area contributed by atoms with E-state index < -0.39 is 0 Å². The molecule has 1 N–H and O–H groups in total. The topological polar surface area (TPSA) is 32.3 Å². The summed E-state index contributed by atoms with van der Waals surface area (Å²) in [7, 11) is 2.07. The van der Waals surface area contributed by atoms with Gasteiger partial charge in [0.25, 0.3) is 0 Å². The van der Waals surface area contributed by atoms with E-state index in [1.54, 1.807) is 12.1 Å². The van der Waals surface area contributed by atoms with Gasteiger partial charge >= 0.3 is 0 Å². The van der Waals surface area contributed by atoms with Gasteiger partial charge in [0.15, 0.2) is 0 Å². The van der Waals surface area contributed by atoms with Crippen LogP contribution in [0.15, 0.2) is 72.8 Å². The Morgan fingerprint density at radius 1 is 1.03 bits per heavy atom. The summed E-state index contributed by atoms with van der Waals surface area (Å²) in [5.74, 6) is 0.279. The van der Waals surface area contributed by atoms with Crippen molar-refractivity contribution >= 4 is 17.3 Å². The summed E-state index contributed by atoms with van der Waals surface area (Å²) in [5.41, 5.74) is 5.52. The number of carbonyl (C=O) groups excluding carboxylic acids is 1. The smallest absolute Gasteiger partial charge is 0.228 e. The molecule has 30 heavy (non-hydrogen) atoms. The molecular formula is C26H29FN2O. The number of likely N-dealkylation sites (N-methyl/N-ethyl adjacent to an activating group) is 1. The molecule has 0 saturated carbocycles. The highest BCUT2D eigenvalue weighted by Gasteiger charge is 2.16. The summed E-state index contributed by atoms with van der Waals surface area (Å²) in [4.78, 5) is 14.2. The molecule has 0 spiro atoms. The number of hydrogen-bond donors (Lipinski definition) is 1. The number of amides is 1.